The minimum atomic E-state index is -3.29. The molecule has 0 radical (unpaired) electrons. The van der Waals surface area contributed by atoms with E-state index in [9.17, 15) is 18.4 Å². The van der Waals surface area contributed by atoms with Crippen LogP contribution < -0.4 is 15.4 Å². The number of carbonyl (C=O) groups is 2. The molecule has 2 N–H and O–H groups in total. The molecule has 2 aromatic heterocycles. The van der Waals surface area contributed by atoms with Gasteiger partial charge in [0.05, 0.1) is 25.5 Å². The van der Waals surface area contributed by atoms with Crippen LogP contribution in [0.1, 0.15) is 50.6 Å². The third-order valence-electron chi connectivity index (χ3n) is 5.08. The molecule has 0 aliphatic carbocycles. The number of alkyl halides is 2. The van der Waals surface area contributed by atoms with E-state index in [0.717, 1.165) is 17.8 Å². The molecule has 14 heteroatoms. The molecule has 1 aliphatic heterocycles. The van der Waals surface area contributed by atoms with E-state index in [4.69, 9.17) is 4.74 Å². The van der Waals surface area contributed by atoms with Crippen molar-refractivity contribution in [1.82, 2.24) is 35.8 Å². The molecule has 11 nitrogen and oxygen atoms in total. The quantitative estimate of drug-likeness (QED) is 0.347. The minimum Gasteiger partial charge on any atom is -0.433 e. The molecule has 3 aromatic rings. The molecule has 0 bridgehead atoms. The number of amides is 2. The number of unbranched alkanes of at least 4 members (excludes halogenated alkanes) is 1. The number of benzene rings is 1. The lowest BCUT2D eigenvalue weighted by molar-refractivity contribution is -0.159. The number of aromatic nitrogens is 5. The van der Waals surface area contributed by atoms with Crippen LogP contribution in [0.5, 0.6) is 5.75 Å². The first-order valence-electron chi connectivity index (χ1n) is 11.3. The van der Waals surface area contributed by atoms with Gasteiger partial charge in [-0.1, -0.05) is 28.7 Å². The molecule has 1 aliphatic rings. The maximum Gasteiger partial charge on any atom is 0.394 e. The van der Waals surface area contributed by atoms with Crippen LogP contribution in [0.25, 0.3) is 0 Å². The molecule has 0 spiro atoms. The average Bonchev–Trinajstić information content (AvgIpc) is 3.46. The van der Waals surface area contributed by atoms with Crippen molar-refractivity contribution < 1.29 is 27.8 Å². The molecule has 1 fully saturated rings. The zero-order valence-corrected chi connectivity index (χ0v) is 20.3. The summed E-state index contributed by atoms with van der Waals surface area (Å²) in [5.41, 5.74) is 0.756. The molecule has 1 saturated heterocycles. The second-order valence-electron chi connectivity index (χ2n) is 8.27. The van der Waals surface area contributed by atoms with Gasteiger partial charge in [-0.15, -0.1) is 15.3 Å². The highest BCUT2D eigenvalue weighted by molar-refractivity contribution is 7.13. The van der Waals surface area contributed by atoms with Gasteiger partial charge in [-0.05, 0) is 30.5 Å². The lowest BCUT2D eigenvalue weighted by Crippen LogP contribution is -2.48. The first-order chi connectivity index (χ1) is 17.2. The van der Waals surface area contributed by atoms with Gasteiger partial charge in [0.1, 0.15) is 10.8 Å². The second-order valence-corrected chi connectivity index (χ2v) is 9.33. The SMILES string of the molecule is CC(F)(F)Oc1cccc(CNC(=O)c2cn(CCCCc3nnc(C(=O)NC4COC4)s3)nn2)c1. The predicted molar refractivity (Wildman–Crippen MR) is 124 cm³/mol. The number of carbonyl (C=O) groups excluding carboxylic acids is 2. The number of halogens is 2. The van der Waals surface area contributed by atoms with Gasteiger partial charge < -0.3 is 20.1 Å². The number of rotatable bonds is 12. The van der Waals surface area contributed by atoms with Crippen LogP contribution >= 0.6 is 11.3 Å². The molecule has 0 atom stereocenters. The Morgan fingerprint density at radius 3 is 2.81 bits per heavy atom. The Labute approximate surface area is 209 Å². The highest BCUT2D eigenvalue weighted by Gasteiger charge is 2.24. The summed E-state index contributed by atoms with van der Waals surface area (Å²) in [7, 11) is 0. The van der Waals surface area contributed by atoms with Crippen LogP contribution in [0.15, 0.2) is 30.5 Å². The molecule has 4 rings (SSSR count). The normalized spacial score (nSPS) is 13.8. The van der Waals surface area contributed by atoms with Crippen molar-refractivity contribution in [2.24, 2.45) is 0 Å². The van der Waals surface area contributed by atoms with E-state index in [1.807, 2.05) is 0 Å². The van der Waals surface area contributed by atoms with E-state index in [2.05, 4.69) is 35.9 Å². The van der Waals surface area contributed by atoms with Crippen LogP contribution in [0.2, 0.25) is 0 Å². The predicted octanol–water partition coefficient (Wildman–Crippen LogP) is 2.20. The van der Waals surface area contributed by atoms with Crippen LogP contribution in [-0.2, 0) is 24.2 Å². The summed E-state index contributed by atoms with van der Waals surface area (Å²) in [5, 5.41) is 22.5. The average molecular weight is 522 g/mol. The van der Waals surface area contributed by atoms with Gasteiger partial charge in [-0.25, -0.2) is 0 Å². The molecule has 36 heavy (non-hydrogen) atoms. The maximum atomic E-state index is 13.0. The fourth-order valence-corrected chi connectivity index (χ4v) is 4.06. The Kier molecular flexibility index (Phi) is 8.15. The number of nitrogens with zero attached hydrogens (tertiary/aromatic N) is 5. The number of hydrogen-bond donors (Lipinski definition) is 2. The Morgan fingerprint density at radius 2 is 2.06 bits per heavy atom. The number of ether oxygens (including phenoxy) is 2. The smallest absolute Gasteiger partial charge is 0.394 e. The fourth-order valence-electron chi connectivity index (χ4n) is 3.27. The number of nitrogens with one attached hydrogen (secondary N) is 2. The summed E-state index contributed by atoms with van der Waals surface area (Å²) in [5.74, 6) is -0.650. The molecule has 0 unspecified atom stereocenters. The highest BCUT2D eigenvalue weighted by Crippen LogP contribution is 2.22. The van der Waals surface area contributed by atoms with E-state index in [0.29, 0.717) is 43.7 Å². The van der Waals surface area contributed by atoms with Crippen molar-refractivity contribution in [3.8, 4) is 5.75 Å². The van der Waals surface area contributed by atoms with Gasteiger partial charge in [0, 0.05) is 26.4 Å². The van der Waals surface area contributed by atoms with Gasteiger partial charge in [-0.2, -0.15) is 8.78 Å². The molecule has 192 valence electrons. The third-order valence-corrected chi connectivity index (χ3v) is 6.06. The summed E-state index contributed by atoms with van der Waals surface area (Å²) in [6.07, 6.45) is 0.488. The molecule has 3 heterocycles. The Morgan fingerprint density at radius 1 is 1.22 bits per heavy atom. The van der Waals surface area contributed by atoms with Gasteiger partial charge in [0.15, 0.2) is 5.69 Å². The van der Waals surface area contributed by atoms with Crippen molar-refractivity contribution >= 4 is 23.2 Å². The van der Waals surface area contributed by atoms with E-state index < -0.39 is 12.0 Å². The third kappa shape index (κ3) is 7.49. The van der Waals surface area contributed by atoms with Crippen molar-refractivity contribution in [3.63, 3.8) is 0 Å². The summed E-state index contributed by atoms with van der Waals surface area (Å²) in [4.78, 5) is 24.5. The van der Waals surface area contributed by atoms with E-state index >= 15 is 0 Å². The van der Waals surface area contributed by atoms with Gasteiger partial charge in [0.2, 0.25) is 5.01 Å². The summed E-state index contributed by atoms with van der Waals surface area (Å²) >= 11 is 1.27. The molecular weight excluding hydrogens is 496 g/mol. The molecular formula is C22H25F2N7O4S. The number of hydrogen-bond acceptors (Lipinski definition) is 9. The minimum absolute atomic E-state index is 0.0111. The van der Waals surface area contributed by atoms with Crippen molar-refractivity contribution in [3.05, 3.63) is 51.7 Å². The zero-order chi connectivity index (χ0) is 25.5. The largest absolute Gasteiger partial charge is 0.433 e. The van der Waals surface area contributed by atoms with Crippen LogP contribution in [0, 0.1) is 0 Å². The summed E-state index contributed by atoms with van der Waals surface area (Å²) < 4.78 is 37.2. The molecule has 2 amide bonds. The number of aryl methyl sites for hydroxylation is 2. The Hall–Kier alpha value is -3.52. The molecule has 0 saturated carbocycles. The summed E-state index contributed by atoms with van der Waals surface area (Å²) in [6.45, 7) is 2.38. The van der Waals surface area contributed by atoms with E-state index in [1.165, 1.54) is 23.5 Å². The Balaban J connectivity index is 1.17. The fraction of sp³-hybridized carbons (Fsp3) is 0.455. The monoisotopic (exact) mass is 521 g/mol. The topological polar surface area (TPSA) is 133 Å². The van der Waals surface area contributed by atoms with Crippen molar-refractivity contribution in [2.75, 3.05) is 13.2 Å². The lowest BCUT2D eigenvalue weighted by Gasteiger charge is -2.26. The second kappa shape index (κ2) is 11.5. The first-order valence-corrected chi connectivity index (χ1v) is 12.1. The summed E-state index contributed by atoms with van der Waals surface area (Å²) in [6, 6.07) is 6.16. The van der Waals surface area contributed by atoms with Gasteiger partial charge >= 0.3 is 6.11 Å². The van der Waals surface area contributed by atoms with Crippen LogP contribution in [0.3, 0.4) is 0 Å². The first kappa shape index (κ1) is 25.6. The zero-order valence-electron chi connectivity index (χ0n) is 19.4. The van der Waals surface area contributed by atoms with Crippen LogP contribution in [-0.4, -0.2) is 62.4 Å². The lowest BCUT2D eigenvalue weighted by atomic mass is 10.2. The standard InChI is InChI=1S/C22H25F2N7O4S/c1-22(23,24)35-16-6-4-5-14(9-16)10-25-19(32)17-11-31(30-27-17)8-3-2-7-18-28-29-21(36-18)20(33)26-15-12-34-13-15/h4-6,9,11,15H,2-3,7-8,10,12-13H2,1H3,(H,25,32)(H,26,33). The van der Waals surface area contributed by atoms with Crippen molar-refractivity contribution in [2.45, 2.75) is 51.4 Å². The van der Waals surface area contributed by atoms with E-state index in [-0.39, 0.29) is 29.9 Å². The van der Waals surface area contributed by atoms with Gasteiger partial charge in [-0.3, -0.25) is 14.3 Å². The van der Waals surface area contributed by atoms with E-state index in [1.54, 1.807) is 23.0 Å². The van der Waals surface area contributed by atoms with Crippen LogP contribution in [0.4, 0.5) is 8.78 Å². The van der Waals surface area contributed by atoms with Crippen molar-refractivity contribution in [1.29, 1.82) is 0 Å². The van der Waals surface area contributed by atoms with Gasteiger partial charge in [0.25, 0.3) is 11.8 Å². The Bertz CT molecular complexity index is 1190. The highest BCUT2D eigenvalue weighted by atomic mass is 32.1. The maximum absolute atomic E-state index is 13.0. The molecule has 1 aromatic carbocycles.